The van der Waals surface area contributed by atoms with E-state index in [1.807, 2.05) is 61.2 Å². The second-order valence-corrected chi connectivity index (χ2v) is 8.55. The highest BCUT2D eigenvalue weighted by molar-refractivity contribution is 7.99. The highest BCUT2D eigenvalue weighted by Crippen LogP contribution is 2.24. The van der Waals surface area contributed by atoms with Crippen molar-refractivity contribution in [2.75, 3.05) is 17.3 Å². The molecule has 0 saturated carbocycles. The van der Waals surface area contributed by atoms with Gasteiger partial charge in [0.05, 0.1) is 5.75 Å². The fraction of sp³-hybridized carbons (Fsp3) is 0.318. The zero-order valence-electron chi connectivity index (χ0n) is 17.6. The van der Waals surface area contributed by atoms with Crippen LogP contribution in [-0.2, 0) is 18.3 Å². The zero-order chi connectivity index (χ0) is 21.5. The molecule has 0 aliphatic heterocycles. The smallest absolute Gasteiger partial charge is 0.234 e. The summed E-state index contributed by atoms with van der Waals surface area (Å²) in [6, 6.07) is 15.9. The molecule has 0 fully saturated rings. The van der Waals surface area contributed by atoms with Crippen LogP contribution in [-0.4, -0.2) is 32.7 Å². The van der Waals surface area contributed by atoms with Crippen LogP contribution in [0.15, 0.2) is 58.6 Å². The van der Waals surface area contributed by atoms with Gasteiger partial charge in [-0.1, -0.05) is 36.9 Å². The van der Waals surface area contributed by atoms with Crippen LogP contribution >= 0.6 is 23.5 Å². The van der Waals surface area contributed by atoms with E-state index in [0.717, 1.165) is 22.8 Å². The largest absolute Gasteiger partial charge is 0.483 e. The second kappa shape index (κ2) is 10.5. The van der Waals surface area contributed by atoms with Crippen molar-refractivity contribution in [1.29, 1.82) is 0 Å². The lowest BCUT2D eigenvalue weighted by molar-refractivity contribution is -0.113. The Labute approximate surface area is 185 Å². The summed E-state index contributed by atoms with van der Waals surface area (Å²) in [4.78, 5) is 13.4. The van der Waals surface area contributed by atoms with Gasteiger partial charge < -0.3 is 14.6 Å². The average Bonchev–Trinajstić information content (AvgIpc) is 3.13. The van der Waals surface area contributed by atoms with Gasteiger partial charge in [-0.2, -0.15) is 0 Å². The number of hydrogen-bond acceptors (Lipinski definition) is 6. The van der Waals surface area contributed by atoms with Crippen LogP contribution in [0.5, 0.6) is 5.75 Å². The predicted octanol–water partition coefficient (Wildman–Crippen LogP) is 4.97. The first-order valence-corrected chi connectivity index (χ1v) is 11.9. The fourth-order valence-electron chi connectivity index (χ4n) is 2.89. The minimum atomic E-state index is -0.257. The third-order valence-electron chi connectivity index (χ3n) is 4.56. The molecule has 0 saturated heterocycles. The quantitative estimate of drug-likeness (QED) is 0.472. The highest BCUT2D eigenvalue weighted by atomic mass is 32.2. The van der Waals surface area contributed by atoms with Crippen LogP contribution in [0, 0.1) is 0 Å². The van der Waals surface area contributed by atoms with Gasteiger partial charge >= 0.3 is 0 Å². The summed E-state index contributed by atoms with van der Waals surface area (Å²) in [6.07, 6.45) is 2.75. The Morgan fingerprint density at radius 3 is 2.67 bits per heavy atom. The maximum atomic E-state index is 12.3. The Bertz CT molecular complexity index is 989. The number of thioether (sulfide) groups is 2. The number of ether oxygens (including phenoxy) is 1. The van der Waals surface area contributed by atoms with Crippen molar-refractivity contribution in [2.45, 2.75) is 36.4 Å². The first-order chi connectivity index (χ1) is 14.5. The van der Waals surface area contributed by atoms with Crippen LogP contribution in [0.2, 0.25) is 0 Å². The highest BCUT2D eigenvalue weighted by Gasteiger charge is 2.18. The molecule has 8 heteroatoms. The third kappa shape index (κ3) is 5.79. The van der Waals surface area contributed by atoms with Crippen molar-refractivity contribution in [3.05, 3.63) is 59.9 Å². The van der Waals surface area contributed by atoms with Crippen LogP contribution in [0.25, 0.3) is 0 Å². The van der Waals surface area contributed by atoms with Gasteiger partial charge in [0, 0.05) is 17.6 Å². The number of anilines is 1. The number of nitrogens with one attached hydrogen (secondary N) is 1. The van der Waals surface area contributed by atoms with Crippen molar-refractivity contribution < 1.29 is 9.53 Å². The number of hydrogen-bond donors (Lipinski definition) is 1. The second-order valence-electron chi connectivity index (χ2n) is 6.73. The van der Waals surface area contributed by atoms with E-state index in [-0.39, 0.29) is 17.8 Å². The number of carbonyl (C=O) groups is 1. The van der Waals surface area contributed by atoms with Crippen LogP contribution in [0.3, 0.4) is 0 Å². The molecule has 3 aromatic rings. The molecule has 1 N–H and O–H groups in total. The molecule has 158 valence electrons. The fourth-order valence-corrected chi connectivity index (χ4v) is 4.07. The molecular weight excluding hydrogens is 416 g/mol. The van der Waals surface area contributed by atoms with Crippen molar-refractivity contribution in [1.82, 2.24) is 14.8 Å². The third-order valence-corrected chi connectivity index (χ3v) is 6.31. The van der Waals surface area contributed by atoms with E-state index in [2.05, 4.69) is 34.6 Å². The number of aryl methyl sites for hydroxylation is 1. The first kappa shape index (κ1) is 22.2. The Kier molecular flexibility index (Phi) is 7.81. The zero-order valence-corrected chi connectivity index (χ0v) is 19.2. The molecule has 0 aliphatic carbocycles. The Balaban J connectivity index is 1.56. The monoisotopic (exact) mass is 442 g/mol. The number of benzene rings is 2. The van der Waals surface area contributed by atoms with Gasteiger partial charge in [0.1, 0.15) is 5.75 Å². The molecule has 1 heterocycles. The number of carbonyl (C=O) groups excluding carboxylic acids is 1. The SMILES string of the molecule is CCc1ccc(OC(C)c2nnc(SCC(=O)Nc3cccc(SC)c3)n2C)cc1. The molecule has 0 bridgehead atoms. The standard InChI is InChI=1S/C22H26N4O2S2/c1-5-16-9-11-18(12-10-16)28-15(2)21-24-25-22(26(21)3)30-14-20(27)23-17-7-6-8-19(13-17)29-4/h6-13,15H,5,14H2,1-4H3,(H,23,27). The van der Waals surface area contributed by atoms with Crippen molar-refractivity contribution in [3.8, 4) is 5.75 Å². The van der Waals surface area contributed by atoms with Gasteiger partial charge in [-0.25, -0.2) is 0 Å². The van der Waals surface area contributed by atoms with Crippen LogP contribution in [0.4, 0.5) is 5.69 Å². The summed E-state index contributed by atoms with van der Waals surface area (Å²) in [7, 11) is 1.89. The minimum absolute atomic E-state index is 0.0804. The van der Waals surface area contributed by atoms with Crippen molar-refractivity contribution >= 4 is 35.1 Å². The van der Waals surface area contributed by atoms with E-state index in [9.17, 15) is 4.79 Å². The molecule has 1 amide bonds. The summed E-state index contributed by atoms with van der Waals surface area (Å²) in [6.45, 7) is 4.07. The molecule has 0 spiro atoms. The molecule has 0 radical (unpaired) electrons. The number of amides is 1. The minimum Gasteiger partial charge on any atom is -0.483 e. The lowest BCUT2D eigenvalue weighted by Crippen LogP contribution is -2.15. The molecule has 1 unspecified atom stereocenters. The summed E-state index contributed by atoms with van der Waals surface area (Å²) in [5.41, 5.74) is 2.06. The molecule has 2 aromatic carbocycles. The first-order valence-electron chi connectivity index (χ1n) is 9.71. The van der Waals surface area contributed by atoms with E-state index in [0.29, 0.717) is 11.0 Å². The molecular formula is C22H26N4O2S2. The molecule has 30 heavy (non-hydrogen) atoms. The Hall–Kier alpha value is -2.45. The maximum absolute atomic E-state index is 12.3. The van der Waals surface area contributed by atoms with Gasteiger partial charge in [-0.3, -0.25) is 4.79 Å². The summed E-state index contributed by atoms with van der Waals surface area (Å²) < 4.78 is 7.88. The Morgan fingerprint density at radius 1 is 1.20 bits per heavy atom. The lowest BCUT2D eigenvalue weighted by atomic mass is 10.2. The van der Waals surface area contributed by atoms with Crippen LogP contribution in [0.1, 0.15) is 31.3 Å². The summed E-state index contributed by atoms with van der Waals surface area (Å²) in [5, 5.41) is 12.1. The van der Waals surface area contributed by atoms with Gasteiger partial charge in [-0.15, -0.1) is 22.0 Å². The van der Waals surface area contributed by atoms with Crippen LogP contribution < -0.4 is 10.1 Å². The van der Waals surface area contributed by atoms with E-state index in [1.54, 1.807) is 11.8 Å². The molecule has 3 rings (SSSR count). The van der Waals surface area contributed by atoms with E-state index < -0.39 is 0 Å². The molecule has 0 aliphatic rings. The van der Waals surface area contributed by atoms with Gasteiger partial charge in [-0.05, 0) is 55.5 Å². The van der Waals surface area contributed by atoms with E-state index in [4.69, 9.17) is 4.74 Å². The number of aromatic nitrogens is 3. The maximum Gasteiger partial charge on any atom is 0.234 e. The normalized spacial score (nSPS) is 11.9. The Morgan fingerprint density at radius 2 is 1.97 bits per heavy atom. The number of rotatable bonds is 9. The number of nitrogens with zero attached hydrogens (tertiary/aromatic N) is 3. The molecule has 6 nitrogen and oxygen atoms in total. The van der Waals surface area contributed by atoms with E-state index >= 15 is 0 Å². The molecule has 1 aromatic heterocycles. The summed E-state index contributed by atoms with van der Waals surface area (Å²) in [5.74, 6) is 1.68. The molecule has 1 atom stereocenters. The van der Waals surface area contributed by atoms with Gasteiger partial charge in [0.25, 0.3) is 0 Å². The van der Waals surface area contributed by atoms with Gasteiger partial charge in [0.15, 0.2) is 17.1 Å². The lowest BCUT2D eigenvalue weighted by Gasteiger charge is -2.14. The average molecular weight is 443 g/mol. The van der Waals surface area contributed by atoms with Crippen molar-refractivity contribution in [3.63, 3.8) is 0 Å². The topological polar surface area (TPSA) is 69.0 Å². The van der Waals surface area contributed by atoms with E-state index in [1.165, 1.54) is 17.3 Å². The summed E-state index contributed by atoms with van der Waals surface area (Å²) >= 11 is 2.99. The van der Waals surface area contributed by atoms with Crippen molar-refractivity contribution in [2.24, 2.45) is 7.05 Å². The predicted molar refractivity (Wildman–Crippen MR) is 123 cm³/mol. The van der Waals surface area contributed by atoms with Gasteiger partial charge in [0.2, 0.25) is 5.91 Å².